The monoisotopic (exact) mass is 192 g/mol. The third-order valence-electron chi connectivity index (χ3n) is 2.13. The number of anilines is 1. The summed E-state index contributed by atoms with van der Waals surface area (Å²) in [6.45, 7) is 4.00. The molecule has 0 fully saturated rings. The van der Waals surface area contributed by atoms with E-state index in [1.165, 1.54) is 5.01 Å². The van der Waals surface area contributed by atoms with Gasteiger partial charge in [-0.25, -0.2) is 10.9 Å². The highest BCUT2D eigenvalue weighted by atomic mass is 16.2. The van der Waals surface area contributed by atoms with Gasteiger partial charge in [-0.1, -0.05) is 32.0 Å². The molecule has 1 heterocycles. The van der Waals surface area contributed by atoms with E-state index in [4.69, 9.17) is 5.84 Å². The fourth-order valence-corrected chi connectivity index (χ4v) is 1.45. The normalized spacial score (nSPS) is 14.2. The average molecular weight is 192 g/mol. The number of carbonyl (C=O) groups excluding carboxylic acids is 1. The lowest BCUT2D eigenvalue weighted by molar-refractivity contribution is -0.118. The molecule has 0 aromatic heterocycles. The Kier molecular flexibility index (Phi) is 3.65. The summed E-state index contributed by atoms with van der Waals surface area (Å²) in [5, 5.41) is 1.23. The maximum absolute atomic E-state index is 11.2. The Morgan fingerprint density at radius 3 is 2.57 bits per heavy atom. The SMILES string of the molecule is CC.NN1C(=O)CCc2ccccc21. The van der Waals surface area contributed by atoms with Crippen molar-refractivity contribution in [3.8, 4) is 0 Å². The molecule has 1 aliphatic rings. The number of benzene rings is 1. The van der Waals surface area contributed by atoms with Gasteiger partial charge < -0.3 is 0 Å². The van der Waals surface area contributed by atoms with Crippen molar-refractivity contribution < 1.29 is 4.79 Å². The average Bonchev–Trinajstić information content (AvgIpc) is 2.27. The number of nitrogens with zero attached hydrogens (tertiary/aromatic N) is 1. The summed E-state index contributed by atoms with van der Waals surface area (Å²) in [5.74, 6) is 5.57. The first-order valence-electron chi connectivity index (χ1n) is 4.94. The minimum Gasteiger partial charge on any atom is -0.273 e. The fraction of sp³-hybridized carbons (Fsp3) is 0.364. The molecule has 1 aromatic carbocycles. The molecule has 2 N–H and O–H groups in total. The molecule has 1 aromatic rings. The molecule has 2 rings (SSSR count). The van der Waals surface area contributed by atoms with Crippen molar-refractivity contribution in [2.45, 2.75) is 26.7 Å². The molecule has 0 unspecified atom stereocenters. The van der Waals surface area contributed by atoms with Crippen LogP contribution in [0.4, 0.5) is 5.69 Å². The van der Waals surface area contributed by atoms with Crippen LogP contribution in [0.5, 0.6) is 0 Å². The third-order valence-corrected chi connectivity index (χ3v) is 2.13. The molecule has 14 heavy (non-hydrogen) atoms. The molecule has 0 radical (unpaired) electrons. The van der Waals surface area contributed by atoms with E-state index in [1.807, 2.05) is 38.1 Å². The van der Waals surface area contributed by atoms with Crippen LogP contribution in [0.25, 0.3) is 0 Å². The second-order valence-corrected chi connectivity index (χ2v) is 2.89. The number of hydrazine groups is 1. The third kappa shape index (κ3) is 1.93. The van der Waals surface area contributed by atoms with Crippen LogP contribution >= 0.6 is 0 Å². The second-order valence-electron chi connectivity index (χ2n) is 2.89. The summed E-state index contributed by atoms with van der Waals surface area (Å²) in [7, 11) is 0. The Morgan fingerprint density at radius 2 is 1.86 bits per heavy atom. The van der Waals surface area contributed by atoms with Crippen molar-refractivity contribution >= 4 is 11.6 Å². The van der Waals surface area contributed by atoms with Crippen LogP contribution < -0.4 is 10.9 Å². The van der Waals surface area contributed by atoms with Crippen molar-refractivity contribution in [1.82, 2.24) is 0 Å². The predicted octanol–water partition coefficient (Wildman–Crippen LogP) is 1.87. The van der Waals surface area contributed by atoms with Crippen LogP contribution in [-0.4, -0.2) is 5.91 Å². The van der Waals surface area contributed by atoms with E-state index in [0.717, 1.165) is 17.7 Å². The first kappa shape index (κ1) is 10.7. The lowest BCUT2D eigenvalue weighted by Crippen LogP contribution is -2.40. The Morgan fingerprint density at radius 1 is 1.21 bits per heavy atom. The molecule has 1 amide bonds. The number of amides is 1. The zero-order valence-corrected chi connectivity index (χ0v) is 8.66. The zero-order chi connectivity index (χ0) is 10.6. The van der Waals surface area contributed by atoms with Crippen LogP contribution in [0.15, 0.2) is 24.3 Å². The van der Waals surface area contributed by atoms with Gasteiger partial charge in [0.15, 0.2) is 0 Å². The standard InChI is InChI=1S/C9H10N2O.C2H6/c10-11-8-4-2-1-3-7(8)5-6-9(11)12;1-2/h1-4H,5-6,10H2;1-2H3. The number of hydrogen-bond acceptors (Lipinski definition) is 2. The maximum atomic E-state index is 11.2. The molecule has 0 aliphatic carbocycles. The number of para-hydroxylation sites is 1. The Balaban J connectivity index is 0.000000461. The van der Waals surface area contributed by atoms with Crippen molar-refractivity contribution in [2.24, 2.45) is 5.84 Å². The first-order valence-corrected chi connectivity index (χ1v) is 4.94. The topological polar surface area (TPSA) is 46.3 Å². The van der Waals surface area contributed by atoms with Gasteiger partial charge in [0.05, 0.1) is 5.69 Å². The van der Waals surface area contributed by atoms with Crippen LogP contribution in [-0.2, 0) is 11.2 Å². The number of fused-ring (bicyclic) bond motifs is 1. The predicted molar refractivity (Wildman–Crippen MR) is 57.8 cm³/mol. The quantitative estimate of drug-likeness (QED) is 0.504. The van der Waals surface area contributed by atoms with Gasteiger partial charge in [-0.3, -0.25) is 4.79 Å². The molecule has 1 aliphatic heterocycles. The summed E-state index contributed by atoms with van der Waals surface area (Å²) in [4.78, 5) is 11.2. The number of aryl methyl sites for hydroxylation is 1. The Labute approximate surface area is 84.5 Å². The number of hydrogen-bond donors (Lipinski definition) is 1. The summed E-state index contributed by atoms with van der Waals surface area (Å²) in [6.07, 6.45) is 1.33. The van der Waals surface area contributed by atoms with Gasteiger partial charge in [0.2, 0.25) is 5.91 Å². The summed E-state index contributed by atoms with van der Waals surface area (Å²) in [6, 6.07) is 7.72. The summed E-state index contributed by atoms with van der Waals surface area (Å²) in [5.41, 5.74) is 1.99. The van der Waals surface area contributed by atoms with Crippen LogP contribution in [0.1, 0.15) is 25.8 Å². The molecule has 0 saturated heterocycles. The van der Waals surface area contributed by atoms with Gasteiger partial charge in [-0.05, 0) is 18.1 Å². The smallest absolute Gasteiger partial charge is 0.241 e. The van der Waals surface area contributed by atoms with Crippen molar-refractivity contribution in [1.29, 1.82) is 0 Å². The highest BCUT2D eigenvalue weighted by Gasteiger charge is 2.20. The van der Waals surface area contributed by atoms with E-state index in [1.54, 1.807) is 0 Å². The Bertz CT molecular complexity index is 323. The van der Waals surface area contributed by atoms with Gasteiger partial charge in [-0.15, -0.1) is 0 Å². The number of nitrogens with two attached hydrogens (primary N) is 1. The molecule has 0 saturated carbocycles. The van der Waals surface area contributed by atoms with Gasteiger partial charge in [0.25, 0.3) is 0 Å². The van der Waals surface area contributed by atoms with Crippen LogP contribution in [0.2, 0.25) is 0 Å². The van der Waals surface area contributed by atoms with Crippen molar-refractivity contribution in [2.75, 3.05) is 5.01 Å². The molecule has 76 valence electrons. The van der Waals surface area contributed by atoms with E-state index < -0.39 is 0 Å². The highest BCUT2D eigenvalue weighted by molar-refractivity contribution is 5.95. The largest absolute Gasteiger partial charge is 0.273 e. The van der Waals surface area contributed by atoms with E-state index in [9.17, 15) is 4.79 Å². The van der Waals surface area contributed by atoms with Gasteiger partial charge >= 0.3 is 0 Å². The van der Waals surface area contributed by atoms with Gasteiger partial charge in [-0.2, -0.15) is 0 Å². The molecule has 3 heteroatoms. The second kappa shape index (κ2) is 4.77. The minimum atomic E-state index is -0.00583. The number of carbonyl (C=O) groups is 1. The van der Waals surface area contributed by atoms with E-state index in [-0.39, 0.29) is 5.91 Å². The van der Waals surface area contributed by atoms with E-state index in [2.05, 4.69) is 0 Å². The molecule has 0 bridgehead atoms. The van der Waals surface area contributed by atoms with Gasteiger partial charge in [0.1, 0.15) is 0 Å². The summed E-state index contributed by atoms with van der Waals surface area (Å²) < 4.78 is 0. The first-order chi connectivity index (χ1) is 6.79. The highest BCUT2D eigenvalue weighted by Crippen LogP contribution is 2.24. The molecular weight excluding hydrogens is 176 g/mol. The minimum absolute atomic E-state index is 0.00583. The maximum Gasteiger partial charge on any atom is 0.241 e. The van der Waals surface area contributed by atoms with Gasteiger partial charge in [0, 0.05) is 6.42 Å². The zero-order valence-electron chi connectivity index (χ0n) is 8.66. The molecule has 0 atom stereocenters. The number of rotatable bonds is 0. The van der Waals surface area contributed by atoms with Crippen LogP contribution in [0.3, 0.4) is 0 Å². The fourth-order valence-electron chi connectivity index (χ4n) is 1.45. The lowest BCUT2D eigenvalue weighted by Gasteiger charge is -2.24. The van der Waals surface area contributed by atoms with E-state index >= 15 is 0 Å². The van der Waals surface area contributed by atoms with E-state index in [0.29, 0.717) is 6.42 Å². The molecular formula is C11H16N2O. The molecule has 3 nitrogen and oxygen atoms in total. The lowest BCUT2D eigenvalue weighted by atomic mass is 10.0. The summed E-state index contributed by atoms with van der Waals surface area (Å²) >= 11 is 0. The Hall–Kier alpha value is -1.35. The van der Waals surface area contributed by atoms with Crippen LogP contribution in [0, 0.1) is 0 Å². The van der Waals surface area contributed by atoms with Crippen molar-refractivity contribution in [3.63, 3.8) is 0 Å². The van der Waals surface area contributed by atoms with Crippen molar-refractivity contribution in [3.05, 3.63) is 29.8 Å². The molecule has 0 spiro atoms.